The molecular formula is C16H15ClN2O3. The van der Waals surface area contributed by atoms with Crippen LogP contribution in [0.4, 0.5) is 11.4 Å². The summed E-state index contributed by atoms with van der Waals surface area (Å²) >= 11 is 5.98. The number of benzene rings is 1. The number of rotatable bonds is 2. The molecule has 1 aliphatic rings. The predicted octanol–water partition coefficient (Wildman–Crippen LogP) is 2.65. The second-order valence-electron chi connectivity index (χ2n) is 5.05. The second kappa shape index (κ2) is 5.77. The average molecular weight is 319 g/mol. The van der Waals surface area contributed by atoms with Gasteiger partial charge < -0.3 is 5.73 Å². The number of halogens is 1. The number of Topliss-reactive ketones (excluding diaryl/α,β-unsaturated/α-hetero) is 1. The van der Waals surface area contributed by atoms with Gasteiger partial charge in [-0.05, 0) is 38.1 Å². The Balaban J connectivity index is 2.62. The van der Waals surface area contributed by atoms with Crippen molar-refractivity contribution < 1.29 is 14.4 Å². The van der Waals surface area contributed by atoms with Crippen molar-refractivity contribution in [2.75, 3.05) is 10.6 Å². The van der Waals surface area contributed by atoms with E-state index < -0.39 is 11.7 Å². The molecule has 0 radical (unpaired) electrons. The molecule has 1 aliphatic carbocycles. The Labute approximate surface area is 133 Å². The lowest BCUT2D eigenvalue weighted by molar-refractivity contribution is -0.118. The first kappa shape index (κ1) is 16.0. The molecule has 0 fully saturated rings. The van der Waals surface area contributed by atoms with E-state index in [-0.39, 0.29) is 22.1 Å². The normalized spacial score (nSPS) is 15.0. The molecule has 0 saturated carbocycles. The molecule has 0 aromatic heterocycles. The Morgan fingerprint density at radius 1 is 1.23 bits per heavy atom. The molecular weight excluding hydrogens is 304 g/mol. The molecule has 0 bridgehead atoms. The Hall–Kier alpha value is -2.40. The Morgan fingerprint density at radius 3 is 2.41 bits per heavy atom. The number of ketones is 2. The quantitative estimate of drug-likeness (QED) is 0.671. The third-order valence-corrected chi connectivity index (χ3v) is 3.74. The Morgan fingerprint density at radius 2 is 1.86 bits per heavy atom. The third-order valence-electron chi connectivity index (χ3n) is 3.42. The largest absolute Gasteiger partial charge is 0.398 e. The zero-order valence-corrected chi connectivity index (χ0v) is 13.2. The van der Waals surface area contributed by atoms with Crippen LogP contribution in [0.1, 0.15) is 20.8 Å². The topological polar surface area (TPSA) is 80.5 Å². The minimum Gasteiger partial charge on any atom is -0.398 e. The Bertz CT molecular complexity index is 763. The van der Waals surface area contributed by atoms with Gasteiger partial charge in [0.15, 0.2) is 5.78 Å². The molecule has 22 heavy (non-hydrogen) atoms. The van der Waals surface area contributed by atoms with Gasteiger partial charge in [0.25, 0.3) is 0 Å². The molecule has 0 atom stereocenters. The van der Waals surface area contributed by atoms with Crippen molar-refractivity contribution in [3.8, 4) is 0 Å². The van der Waals surface area contributed by atoms with Gasteiger partial charge in [0.2, 0.25) is 11.7 Å². The number of carbonyl (C=O) groups is 3. The number of hydrogen-bond acceptors (Lipinski definition) is 4. The number of nitrogen functional groups attached to an aromatic ring is 1. The Kier molecular flexibility index (Phi) is 4.19. The fourth-order valence-corrected chi connectivity index (χ4v) is 2.49. The number of nitrogens with zero attached hydrogens (tertiary/aromatic N) is 1. The molecule has 0 aliphatic heterocycles. The first-order valence-electron chi connectivity index (χ1n) is 6.58. The summed E-state index contributed by atoms with van der Waals surface area (Å²) < 4.78 is 0. The molecule has 114 valence electrons. The number of hydrogen-bond donors (Lipinski definition) is 1. The van der Waals surface area contributed by atoms with E-state index in [4.69, 9.17) is 17.3 Å². The van der Waals surface area contributed by atoms with Crippen molar-refractivity contribution >= 4 is 40.4 Å². The maximum absolute atomic E-state index is 12.3. The number of allylic oxidation sites excluding steroid dienone is 3. The summed E-state index contributed by atoms with van der Waals surface area (Å²) in [5.41, 5.74) is 7.03. The number of carbonyl (C=O) groups excluding carboxylic acids is 3. The molecule has 0 spiro atoms. The van der Waals surface area contributed by atoms with Crippen molar-refractivity contribution in [1.29, 1.82) is 0 Å². The average Bonchev–Trinajstić information content (AvgIpc) is 2.44. The van der Waals surface area contributed by atoms with Gasteiger partial charge in [-0.2, -0.15) is 0 Å². The van der Waals surface area contributed by atoms with E-state index in [1.807, 2.05) is 0 Å². The van der Waals surface area contributed by atoms with Gasteiger partial charge in [-0.3, -0.25) is 19.3 Å². The van der Waals surface area contributed by atoms with Crippen LogP contribution in [0.5, 0.6) is 0 Å². The zero-order chi connectivity index (χ0) is 16.6. The molecule has 1 amide bonds. The smallest absolute Gasteiger partial charge is 0.228 e. The van der Waals surface area contributed by atoms with Gasteiger partial charge in [-0.1, -0.05) is 11.6 Å². The molecule has 2 N–H and O–H groups in total. The molecule has 2 rings (SSSR count). The lowest BCUT2D eigenvalue weighted by Crippen LogP contribution is -2.35. The van der Waals surface area contributed by atoms with Crippen molar-refractivity contribution in [2.24, 2.45) is 0 Å². The highest BCUT2D eigenvalue weighted by Gasteiger charge is 2.30. The molecule has 0 saturated heterocycles. The molecule has 6 heteroatoms. The third kappa shape index (κ3) is 2.67. The summed E-state index contributed by atoms with van der Waals surface area (Å²) in [6, 6.07) is 4.60. The second-order valence-corrected chi connectivity index (χ2v) is 5.46. The van der Waals surface area contributed by atoms with Crippen LogP contribution in [0.2, 0.25) is 5.02 Å². The van der Waals surface area contributed by atoms with Gasteiger partial charge in [0.1, 0.15) is 5.70 Å². The summed E-state index contributed by atoms with van der Waals surface area (Å²) in [6.45, 7) is 4.41. The number of anilines is 2. The van der Waals surface area contributed by atoms with Crippen LogP contribution in [0.25, 0.3) is 0 Å². The fourth-order valence-electron chi connectivity index (χ4n) is 2.32. The zero-order valence-electron chi connectivity index (χ0n) is 12.4. The summed E-state index contributed by atoms with van der Waals surface area (Å²) in [7, 11) is 0. The number of amides is 1. The molecule has 1 aromatic carbocycles. The van der Waals surface area contributed by atoms with E-state index in [1.54, 1.807) is 19.1 Å². The van der Waals surface area contributed by atoms with Crippen LogP contribution in [0.3, 0.4) is 0 Å². The lowest BCUT2D eigenvalue weighted by atomic mass is 9.94. The van der Waals surface area contributed by atoms with Gasteiger partial charge in [0, 0.05) is 18.1 Å². The maximum Gasteiger partial charge on any atom is 0.228 e. The van der Waals surface area contributed by atoms with Gasteiger partial charge in [0.05, 0.1) is 16.4 Å². The van der Waals surface area contributed by atoms with E-state index in [0.717, 1.165) is 0 Å². The van der Waals surface area contributed by atoms with E-state index in [9.17, 15) is 14.4 Å². The monoisotopic (exact) mass is 318 g/mol. The van der Waals surface area contributed by atoms with E-state index in [1.165, 1.54) is 30.9 Å². The summed E-state index contributed by atoms with van der Waals surface area (Å²) in [6.07, 6.45) is 1.24. The van der Waals surface area contributed by atoms with Crippen LogP contribution in [0, 0.1) is 0 Å². The highest BCUT2D eigenvalue weighted by molar-refractivity contribution is 6.33. The van der Waals surface area contributed by atoms with E-state index in [2.05, 4.69) is 0 Å². The fraction of sp³-hybridized carbons (Fsp3) is 0.188. The van der Waals surface area contributed by atoms with Gasteiger partial charge >= 0.3 is 0 Å². The van der Waals surface area contributed by atoms with Gasteiger partial charge in [-0.15, -0.1) is 0 Å². The van der Waals surface area contributed by atoms with Crippen molar-refractivity contribution in [3.05, 3.63) is 46.1 Å². The van der Waals surface area contributed by atoms with Crippen LogP contribution in [-0.4, -0.2) is 17.5 Å². The number of nitrogens with two attached hydrogens (primary N) is 1. The standard InChI is InChI=1S/C16H15ClN2O3/c1-8-6-14(21)15(9(2)16(8)22)19(10(3)20)11-4-5-13(18)12(17)7-11/h4-7H,18H2,1-3H3. The first-order valence-corrected chi connectivity index (χ1v) is 6.95. The van der Waals surface area contributed by atoms with Gasteiger partial charge in [-0.25, -0.2) is 0 Å². The first-order chi connectivity index (χ1) is 10.2. The van der Waals surface area contributed by atoms with Crippen molar-refractivity contribution in [1.82, 2.24) is 0 Å². The lowest BCUT2D eigenvalue weighted by Gasteiger charge is -2.27. The van der Waals surface area contributed by atoms with Crippen LogP contribution in [0.15, 0.2) is 41.1 Å². The van der Waals surface area contributed by atoms with Crippen molar-refractivity contribution in [3.63, 3.8) is 0 Å². The van der Waals surface area contributed by atoms with E-state index in [0.29, 0.717) is 16.9 Å². The van der Waals surface area contributed by atoms with Crippen LogP contribution in [-0.2, 0) is 14.4 Å². The summed E-state index contributed by atoms with van der Waals surface area (Å²) in [5, 5.41) is 0.267. The molecule has 0 heterocycles. The summed E-state index contributed by atoms with van der Waals surface area (Å²) in [4.78, 5) is 37.6. The predicted molar refractivity (Wildman–Crippen MR) is 85.5 cm³/mol. The summed E-state index contributed by atoms with van der Waals surface area (Å²) in [5.74, 6) is -1.05. The SMILES string of the molecule is CC(=O)N(C1=C(C)C(=O)C(C)=CC1=O)c1ccc(N)c(Cl)c1. The van der Waals surface area contributed by atoms with E-state index >= 15 is 0 Å². The molecule has 5 nitrogen and oxygen atoms in total. The van der Waals surface area contributed by atoms with Crippen LogP contribution < -0.4 is 10.6 Å². The van der Waals surface area contributed by atoms with Crippen molar-refractivity contribution in [2.45, 2.75) is 20.8 Å². The minimum atomic E-state index is -0.399. The molecule has 1 aromatic rings. The molecule has 0 unspecified atom stereocenters. The highest BCUT2D eigenvalue weighted by atomic mass is 35.5. The highest BCUT2D eigenvalue weighted by Crippen LogP contribution is 2.31. The minimum absolute atomic E-state index is 0.0453. The maximum atomic E-state index is 12.3. The van der Waals surface area contributed by atoms with Crippen LogP contribution >= 0.6 is 11.6 Å².